The van der Waals surface area contributed by atoms with Crippen LogP contribution in [0.3, 0.4) is 0 Å². The van der Waals surface area contributed by atoms with Gasteiger partial charge in [0.05, 0.1) is 17.9 Å². The summed E-state index contributed by atoms with van der Waals surface area (Å²) in [6.45, 7) is -1.23. The van der Waals surface area contributed by atoms with Gasteiger partial charge in [-0.25, -0.2) is 9.50 Å². The van der Waals surface area contributed by atoms with E-state index in [9.17, 15) is 13.6 Å². The molecule has 0 bridgehead atoms. The number of fused-ring (bicyclic) bond motifs is 1. The number of tetrazole rings is 1. The molecule has 0 spiro atoms. The van der Waals surface area contributed by atoms with E-state index in [0.717, 1.165) is 25.9 Å². The highest BCUT2D eigenvalue weighted by Crippen LogP contribution is 2.37. The number of hydrogen-bond donors (Lipinski definition) is 2. The Morgan fingerprint density at radius 2 is 2.10 bits per heavy atom. The topological polar surface area (TPSA) is 142 Å². The van der Waals surface area contributed by atoms with Crippen LogP contribution in [0.4, 0.5) is 14.5 Å². The smallest absolute Gasteiger partial charge is 0.387 e. The fourth-order valence-corrected chi connectivity index (χ4v) is 4.68. The van der Waals surface area contributed by atoms with Crippen LogP contribution < -0.4 is 15.4 Å². The van der Waals surface area contributed by atoms with E-state index < -0.39 is 12.5 Å². The fourth-order valence-electron chi connectivity index (χ4n) is 4.51. The largest absolute Gasteiger partial charge is 0.434 e. The number of aromatic nitrogens is 9. The van der Waals surface area contributed by atoms with Crippen LogP contribution in [0, 0.1) is 0 Å². The van der Waals surface area contributed by atoms with Crippen molar-refractivity contribution in [1.82, 2.24) is 49.9 Å². The Kier molecular flexibility index (Phi) is 7.04. The molecule has 6 rings (SSSR count). The molecule has 1 saturated heterocycles. The molecule has 40 heavy (non-hydrogen) atoms. The number of benzene rings is 1. The van der Waals surface area contributed by atoms with Crippen molar-refractivity contribution in [2.24, 2.45) is 0 Å². The standard InChI is InChI=1S/C24H22ClF2N11O2/c25-14-2-3-19(40-24(26)27)16(10-14)21-18(31-23(39)17-11-30-37-9-1-6-29-22(17)37)12-36(34-21)13-20-32-35-38(33-20)15-4-7-28-8-5-15/h1-3,6,9-12,15,24,28H,4-5,7-8,13H2,(H,31,39). The van der Waals surface area contributed by atoms with Gasteiger partial charge in [-0.2, -0.15) is 23.8 Å². The second-order valence-corrected chi connectivity index (χ2v) is 9.45. The van der Waals surface area contributed by atoms with E-state index in [1.165, 1.54) is 33.6 Å². The van der Waals surface area contributed by atoms with Crippen LogP contribution in [0.25, 0.3) is 16.9 Å². The van der Waals surface area contributed by atoms with E-state index in [0.29, 0.717) is 11.5 Å². The number of ether oxygens (including phenoxy) is 1. The lowest BCUT2D eigenvalue weighted by molar-refractivity contribution is -0.0494. The zero-order chi connectivity index (χ0) is 27.6. The fraction of sp³-hybridized carbons (Fsp3) is 0.292. The van der Waals surface area contributed by atoms with E-state index >= 15 is 0 Å². The molecular formula is C24H22ClF2N11O2. The van der Waals surface area contributed by atoms with Gasteiger partial charge in [-0.15, -0.1) is 10.2 Å². The molecule has 2 N–H and O–H groups in total. The van der Waals surface area contributed by atoms with Crippen molar-refractivity contribution in [3.8, 4) is 17.0 Å². The van der Waals surface area contributed by atoms with Crippen molar-refractivity contribution in [3.05, 3.63) is 65.5 Å². The highest BCUT2D eigenvalue weighted by Gasteiger charge is 2.23. The summed E-state index contributed by atoms with van der Waals surface area (Å²) in [5, 5.41) is 27.9. The number of carbonyl (C=O) groups excluding carboxylic acids is 1. The molecule has 1 aliphatic rings. The Hall–Kier alpha value is -4.50. The Labute approximate surface area is 230 Å². The van der Waals surface area contributed by atoms with Gasteiger partial charge in [0, 0.05) is 29.2 Å². The van der Waals surface area contributed by atoms with Crippen LogP contribution >= 0.6 is 11.6 Å². The number of halogens is 3. The Morgan fingerprint density at radius 3 is 2.92 bits per heavy atom. The molecule has 0 unspecified atom stereocenters. The maximum Gasteiger partial charge on any atom is 0.387 e. The lowest BCUT2D eigenvalue weighted by Crippen LogP contribution is -2.30. The SMILES string of the molecule is O=C(Nc1cn(Cc2nnn(C3CCNCC3)n2)nc1-c1cc(Cl)ccc1OC(F)F)c1cnn2cccnc12. The van der Waals surface area contributed by atoms with Gasteiger partial charge < -0.3 is 15.4 Å². The third-order valence-electron chi connectivity index (χ3n) is 6.35. The molecule has 5 aromatic rings. The van der Waals surface area contributed by atoms with Crippen molar-refractivity contribution in [2.45, 2.75) is 32.0 Å². The van der Waals surface area contributed by atoms with Gasteiger partial charge in [0.25, 0.3) is 5.91 Å². The number of nitrogens with one attached hydrogen (secondary N) is 2. The van der Waals surface area contributed by atoms with E-state index in [1.54, 1.807) is 29.5 Å². The summed E-state index contributed by atoms with van der Waals surface area (Å²) >= 11 is 6.20. The van der Waals surface area contributed by atoms with E-state index in [2.05, 4.69) is 41.2 Å². The van der Waals surface area contributed by atoms with Gasteiger partial charge in [0.2, 0.25) is 0 Å². The maximum atomic E-state index is 13.3. The first-order valence-corrected chi connectivity index (χ1v) is 12.7. The molecule has 0 atom stereocenters. The molecule has 0 saturated carbocycles. The van der Waals surface area contributed by atoms with Gasteiger partial charge in [-0.3, -0.25) is 9.48 Å². The molecule has 1 aromatic carbocycles. The maximum absolute atomic E-state index is 13.3. The normalized spacial score (nSPS) is 14.2. The summed E-state index contributed by atoms with van der Waals surface area (Å²) in [7, 11) is 0. The number of hydrogen-bond acceptors (Lipinski definition) is 9. The minimum absolute atomic E-state index is 0.109. The molecule has 13 nitrogen and oxygen atoms in total. The van der Waals surface area contributed by atoms with Crippen LogP contribution in [-0.4, -0.2) is 70.2 Å². The van der Waals surface area contributed by atoms with Gasteiger partial charge >= 0.3 is 6.61 Å². The van der Waals surface area contributed by atoms with Crippen LogP contribution in [0.2, 0.25) is 5.02 Å². The van der Waals surface area contributed by atoms with E-state index in [-0.39, 0.29) is 45.9 Å². The average molecular weight is 570 g/mol. The average Bonchev–Trinajstić information content (AvgIpc) is 3.69. The molecular weight excluding hydrogens is 548 g/mol. The lowest BCUT2D eigenvalue weighted by Gasteiger charge is -2.20. The van der Waals surface area contributed by atoms with Gasteiger partial charge in [0.1, 0.15) is 23.6 Å². The van der Waals surface area contributed by atoms with Crippen LogP contribution in [0.5, 0.6) is 5.75 Å². The Morgan fingerprint density at radius 1 is 1.25 bits per heavy atom. The Bertz CT molecular complexity index is 1660. The summed E-state index contributed by atoms with van der Waals surface area (Å²) in [6.07, 6.45) is 7.91. The minimum Gasteiger partial charge on any atom is -0.434 e. The molecule has 0 aliphatic carbocycles. The minimum atomic E-state index is -3.08. The van der Waals surface area contributed by atoms with Crippen LogP contribution in [0.1, 0.15) is 35.1 Å². The molecule has 0 radical (unpaired) electrons. The summed E-state index contributed by atoms with van der Waals surface area (Å²) in [5.41, 5.74) is 1.08. The van der Waals surface area contributed by atoms with Crippen molar-refractivity contribution < 1.29 is 18.3 Å². The van der Waals surface area contributed by atoms with Crippen LogP contribution in [-0.2, 0) is 6.54 Å². The monoisotopic (exact) mass is 569 g/mol. The number of nitrogens with zero attached hydrogens (tertiary/aromatic N) is 9. The quantitative estimate of drug-likeness (QED) is 0.288. The van der Waals surface area contributed by atoms with Crippen LogP contribution in [0.15, 0.2) is 49.1 Å². The number of anilines is 1. The number of alkyl halides is 2. The zero-order valence-electron chi connectivity index (χ0n) is 20.8. The first kappa shape index (κ1) is 25.8. The van der Waals surface area contributed by atoms with Crippen molar-refractivity contribution >= 4 is 28.8 Å². The number of piperidine rings is 1. The predicted octanol–water partition coefficient (Wildman–Crippen LogP) is 3.06. The van der Waals surface area contributed by atoms with Gasteiger partial charge in [-0.1, -0.05) is 11.6 Å². The Balaban J connectivity index is 1.35. The van der Waals surface area contributed by atoms with E-state index in [4.69, 9.17) is 16.3 Å². The van der Waals surface area contributed by atoms with Gasteiger partial charge in [0.15, 0.2) is 11.5 Å². The molecule has 1 amide bonds. The molecule has 206 valence electrons. The third kappa shape index (κ3) is 5.33. The molecule has 16 heteroatoms. The van der Waals surface area contributed by atoms with E-state index in [1.807, 2.05) is 0 Å². The summed E-state index contributed by atoms with van der Waals surface area (Å²) < 4.78 is 34.1. The van der Waals surface area contributed by atoms with Crippen molar-refractivity contribution in [1.29, 1.82) is 0 Å². The lowest BCUT2D eigenvalue weighted by atomic mass is 10.1. The summed E-state index contributed by atoms with van der Waals surface area (Å²) in [5.74, 6) is -0.289. The second-order valence-electron chi connectivity index (χ2n) is 9.02. The predicted molar refractivity (Wildman–Crippen MR) is 138 cm³/mol. The molecule has 4 aromatic heterocycles. The number of rotatable bonds is 8. The molecule has 5 heterocycles. The summed E-state index contributed by atoms with van der Waals surface area (Å²) in [4.78, 5) is 19.1. The van der Waals surface area contributed by atoms with Crippen molar-refractivity contribution in [2.75, 3.05) is 18.4 Å². The highest BCUT2D eigenvalue weighted by molar-refractivity contribution is 6.31. The highest BCUT2D eigenvalue weighted by atomic mass is 35.5. The van der Waals surface area contributed by atoms with Crippen molar-refractivity contribution in [3.63, 3.8) is 0 Å². The second kappa shape index (κ2) is 10.9. The zero-order valence-corrected chi connectivity index (χ0v) is 21.5. The molecule has 1 fully saturated rings. The third-order valence-corrected chi connectivity index (χ3v) is 6.59. The summed E-state index contributed by atoms with van der Waals surface area (Å²) in [6, 6.07) is 6.00. The van der Waals surface area contributed by atoms with Gasteiger partial charge in [-0.05, 0) is 55.4 Å². The first-order valence-electron chi connectivity index (χ1n) is 12.4. The number of amides is 1. The first-order chi connectivity index (χ1) is 19.4. The molecule has 1 aliphatic heterocycles. The number of carbonyl (C=O) groups is 1.